The largest absolute Gasteiger partial charge is 0.394 e. The standard InChI is InChI=1S/C48H89NO5/c1-3-5-7-9-11-13-15-16-17-18-19-20-21-22-23-24-25-26-27-28-29-30-31-32-34-36-38-40-42-46(52)48(54)49-44(43-50)47(53)45(51)41-39-37-35-33-14-12-10-8-6-4-2/h8,10,19-20,22-23,33,35,44-47,50-53H,3-7,9,11-18,21,24-32,34,36-43H2,1-2H3,(H,49,54)/b10-8+,20-19-,23-22-,35-33+. The molecule has 0 spiro atoms. The minimum Gasteiger partial charge on any atom is -0.394 e. The molecule has 0 aromatic carbocycles. The van der Waals surface area contributed by atoms with Gasteiger partial charge in [-0.05, 0) is 77.0 Å². The minimum atomic E-state index is -1.29. The number of hydrogen-bond donors (Lipinski definition) is 5. The molecule has 0 aliphatic heterocycles. The summed E-state index contributed by atoms with van der Waals surface area (Å²) in [4.78, 5) is 12.5. The van der Waals surface area contributed by atoms with Crippen molar-refractivity contribution in [2.24, 2.45) is 0 Å². The van der Waals surface area contributed by atoms with E-state index in [9.17, 15) is 25.2 Å². The molecule has 0 aromatic rings. The Balaban J connectivity index is 3.66. The lowest BCUT2D eigenvalue weighted by Crippen LogP contribution is -2.53. The van der Waals surface area contributed by atoms with E-state index in [0.29, 0.717) is 19.3 Å². The van der Waals surface area contributed by atoms with Gasteiger partial charge in [0.2, 0.25) is 5.91 Å². The normalized spacial score (nSPS) is 14.6. The van der Waals surface area contributed by atoms with Gasteiger partial charge in [0, 0.05) is 0 Å². The van der Waals surface area contributed by atoms with Gasteiger partial charge in [0.05, 0.1) is 18.8 Å². The van der Waals surface area contributed by atoms with E-state index in [-0.39, 0.29) is 0 Å². The van der Waals surface area contributed by atoms with E-state index in [0.717, 1.165) is 51.4 Å². The molecular formula is C48H89NO5. The van der Waals surface area contributed by atoms with Gasteiger partial charge in [-0.2, -0.15) is 0 Å². The van der Waals surface area contributed by atoms with Crippen LogP contribution in [0, 0.1) is 0 Å². The van der Waals surface area contributed by atoms with E-state index in [1.54, 1.807) is 0 Å². The molecule has 54 heavy (non-hydrogen) atoms. The number of amides is 1. The number of aliphatic hydroxyl groups excluding tert-OH is 4. The van der Waals surface area contributed by atoms with E-state index < -0.39 is 36.9 Å². The van der Waals surface area contributed by atoms with Crippen molar-refractivity contribution in [2.75, 3.05) is 6.61 Å². The van der Waals surface area contributed by atoms with Gasteiger partial charge < -0.3 is 25.7 Å². The lowest BCUT2D eigenvalue weighted by molar-refractivity contribution is -0.132. The molecule has 0 fully saturated rings. The molecule has 0 rings (SSSR count). The maximum Gasteiger partial charge on any atom is 0.249 e. The fourth-order valence-corrected chi connectivity index (χ4v) is 6.81. The van der Waals surface area contributed by atoms with Crippen molar-refractivity contribution in [1.29, 1.82) is 0 Å². The van der Waals surface area contributed by atoms with Gasteiger partial charge in [-0.3, -0.25) is 4.79 Å². The molecule has 0 aliphatic carbocycles. The van der Waals surface area contributed by atoms with Crippen LogP contribution >= 0.6 is 0 Å². The summed E-state index contributed by atoms with van der Waals surface area (Å²) in [6.07, 6.45) is 51.7. The molecule has 316 valence electrons. The fraction of sp³-hybridized carbons (Fsp3) is 0.812. The molecule has 5 N–H and O–H groups in total. The van der Waals surface area contributed by atoms with Crippen LogP contribution in [0.4, 0.5) is 0 Å². The Kier molecular flexibility index (Phi) is 41.1. The molecule has 0 heterocycles. The Hall–Kier alpha value is -1.73. The Morgan fingerprint density at radius 3 is 1.35 bits per heavy atom. The van der Waals surface area contributed by atoms with Gasteiger partial charge in [-0.1, -0.05) is 191 Å². The van der Waals surface area contributed by atoms with Crippen molar-refractivity contribution in [3.05, 3.63) is 48.6 Å². The fourth-order valence-electron chi connectivity index (χ4n) is 6.81. The predicted octanol–water partition coefficient (Wildman–Crippen LogP) is 12.3. The molecule has 0 aliphatic rings. The number of carbonyl (C=O) groups excluding carboxylic acids is 1. The zero-order valence-corrected chi connectivity index (χ0v) is 35.5. The second kappa shape index (κ2) is 42.4. The molecule has 0 radical (unpaired) electrons. The lowest BCUT2D eigenvalue weighted by atomic mass is 10.00. The van der Waals surface area contributed by atoms with Crippen LogP contribution in [-0.4, -0.2) is 57.3 Å². The molecule has 0 aromatic heterocycles. The van der Waals surface area contributed by atoms with Crippen LogP contribution in [0.1, 0.15) is 219 Å². The highest BCUT2D eigenvalue weighted by Gasteiger charge is 2.28. The first-order valence-electron chi connectivity index (χ1n) is 23.0. The number of hydrogen-bond acceptors (Lipinski definition) is 5. The molecule has 1 amide bonds. The molecule has 0 bridgehead atoms. The third kappa shape index (κ3) is 35.9. The summed E-state index contributed by atoms with van der Waals surface area (Å²) in [7, 11) is 0. The van der Waals surface area contributed by atoms with Crippen molar-refractivity contribution in [3.63, 3.8) is 0 Å². The molecule has 0 saturated heterocycles. The average molecular weight is 760 g/mol. The van der Waals surface area contributed by atoms with Crippen molar-refractivity contribution < 1.29 is 25.2 Å². The molecule has 6 heteroatoms. The lowest BCUT2D eigenvalue weighted by Gasteiger charge is -2.27. The summed E-state index contributed by atoms with van der Waals surface area (Å²) in [5.41, 5.74) is 0. The topological polar surface area (TPSA) is 110 Å². The molecular weight excluding hydrogens is 671 g/mol. The van der Waals surface area contributed by atoms with Crippen LogP contribution in [0.15, 0.2) is 48.6 Å². The summed E-state index contributed by atoms with van der Waals surface area (Å²) < 4.78 is 0. The molecule has 0 saturated carbocycles. The highest BCUT2D eigenvalue weighted by Crippen LogP contribution is 2.15. The van der Waals surface area contributed by atoms with E-state index in [4.69, 9.17) is 0 Å². The zero-order chi connectivity index (χ0) is 39.6. The first-order chi connectivity index (χ1) is 26.5. The van der Waals surface area contributed by atoms with Crippen molar-refractivity contribution in [2.45, 2.75) is 244 Å². The van der Waals surface area contributed by atoms with Gasteiger partial charge in [0.1, 0.15) is 12.2 Å². The summed E-state index contributed by atoms with van der Waals surface area (Å²) in [5.74, 6) is -0.602. The van der Waals surface area contributed by atoms with E-state index in [2.05, 4.69) is 67.8 Å². The summed E-state index contributed by atoms with van der Waals surface area (Å²) >= 11 is 0. The van der Waals surface area contributed by atoms with Crippen LogP contribution in [0.5, 0.6) is 0 Å². The zero-order valence-electron chi connectivity index (χ0n) is 35.5. The Bertz CT molecular complexity index is 900. The first-order valence-corrected chi connectivity index (χ1v) is 23.0. The summed E-state index contributed by atoms with van der Waals surface area (Å²) in [6, 6.07) is -1.01. The van der Waals surface area contributed by atoms with Crippen LogP contribution in [0.3, 0.4) is 0 Å². The van der Waals surface area contributed by atoms with Crippen LogP contribution < -0.4 is 5.32 Å². The quantitative estimate of drug-likeness (QED) is 0.0315. The van der Waals surface area contributed by atoms with E-state index in [1.807, 2.05) is 0 Å². The smallest absolute Gasteiger partial charge is 0.249 e. The highest BCUT2D eigenvalue weighted by atomic mass is 16.3. The Morgan fingerprint density at radius 2 is 0.870 bits per heavy atom. The van der Waals surface area contributed by atoms with Crippen LogP contribution in [-0.2, 0) is 4.79 Å². The van der Waals surface area contributed by atoms with Crippen LogP contribution in [0.2, 0.25) is 0 Å². The monoisotopic (exact) mass is 760 g/mol. The average Bonchev–Trinajstić information content (AvgIpc) is 3.18. The van der Waals surface area contributed by atoms with Gasteiger partial charge in [0.25, 0.3) is 0 Å². The SMILES string of the molecule is CCC/C=C/CC/C=C/CCCC(O)C(O)C(CO)NC(=O)C(O)CCCCCCCCCCCCCC/C=C\C/C=C\CCCCCCCCCCC. The second-order valence-corrected chi connectivity index (χ2v) is 15.7. The predicted molar refractivity (Wildman–Crippen MR) is 233 cm³/mol. The maximum absolute atomic E-state index is 12.5. The van der Waals surface area contributed by atoms with Gasteiger partial charge in [0.15, 0.2) is 0 Å². The highest BCUT2D eigenvalue weighted by molar-refractivity contribution is 5.80. The second-order valence-electron chi connectivity index (χ2n) is 15.7. The first kappa shape index (κ1) is 52.3. The third-order valence-electron chi connectivity index (χ3n) is 10.5. The number of allylic oxidation sites excluding steroid dienone is 8. The molecule has 6 nitrogen and oxygen atoms in total. The number of rotatable bonds is 41. The van der Waals surface area contributed by atoms with Crippen molar-refractivity contribution in [3.8, 4) is 0 Å². The minimum absolute atomic E-state index is 0.357. The van der Waals surface area contributed by atoms with Gasteiger partial charge in [-0.25, -0.2) is 0 Å². The third-order valence-corrected chi connectivity index (χ3v) is 10.5. The molecule has 4 atom stereocenters. The Morgan fingerprint density at radius 1 is 0.463 bits per heavy atom. The number of unbranched alkanes of at least 4 members (excludes halogenated alkanes) is 24. The Labute approximate surface area is 334 Å². The summed E-state index contributed by atoms with van der Waals surface area (Å²) in [6.45, 7) is 3.95. The van der Waals surface area contributed by atoms with Gasteiger partial charge >= 0.3 is 0 Å². The molecule has 4 unspecified atom stereocenters. The number of aliphatic hydroxyl groups is 4. The van der Waals surface area contributed by atoms with Crippen molar-refractivity contribution >= 4 is 5.91 Å². The maximum atomic E-state index is 12.5. The number of nitrogens with one attached hydrogen (secondary N) is 1. The summed E-state index contributed by atoms with van der Waals surface area (Å²) in [5, 5.41) is 43.5. The van der Waals surface area contributed by atoms with Gasteiger partial charge in [-0.15, -0.1) is 0 Å². The van der Waals surface area contributed by atoms with Crippen molar-refractivity contribution in [1.82, 2.24) is 5.32 Å². The number of carbonyl (C=O) groups is 1. The van der Waals surface area contributed by atoms with E-state index in [1.165, 1.54) is 135 Å². The van der Waals surface area contributed by atoms with E-state index >= 15 is 0 Å². The van der Waals surface area contributed by atoms with Crippen LogP contribution in [0.25, 0.3) is 0 Å².